The van der Waals surface area contributed by atoms with E-state index in [1.54, 1.807) is 16.4 Å². The van der Waals surface area contributed by atoms with Crippen molar-refractivity contribution in [3.63, 3.8) is 0 Å². The Morgan fingerprint density at radius 2 is 1.89 bits per heavy atom. The molecule has 0 amide bonds. The third kappa shape index (κ3) is 3.35. The summed E-state index contributed by atoms with van der Waals surface area (Å²) in [5.74, 6) is 0. The maximum atomic E-state index is 12.6. The van der Waals surface area contributed by atoms with Gasteiger partial charge in [0.2, 0.25) is 10.0 Å². The number of nitrogens with zero attached hydrogens (tertiary/aromatic N) is 1. The lowest BCUT2D eigenvalue weighted by atomic mass is 10.2. The minimum Gasteiger partial charge on any atom is -0.316 e. The van der Waals surface area contributed by atoms with Crippen LogP contribution in [0.15, 0.2) is 29.2 Å². The summed E-state index contributed by atoms with van der Waals surface area (Å²) >= 11 is 0. The molecule has 1 saturated carbocycles. The van der Waals surface area contributed by atoms with Crippen LogP contribution in [-0.2, 0) is 16.6 Å². The fraction of sp³-hybridized carbons (Fsp3) is 0.571. The lowest BCUT2D eigenvalue weighted by Crippen LogP contribution is -2.33. The molecule has 106 valence electrons. The summed E-state index contributed by atoms with van der Waals surface area (Å²) in [7, 11) is -1.44. The molecule has 0 aliphatic heterocycles. The van der Waals surface area contributed by atoms with E-state index < -0.39 is 10.0 Å². The number of sulfonamides is 1. The van der Waals surface area contributed by atoms with Crippen LogP contribution in [0.4, 0.5) is 0 Å². The quantitative estimate of drug-likeness (QED) is 0.832. The van der Waals surface area contributed by atoms with Crippen molar-refractivity contribution in [2.75, 3.05) is 13.6 Å². The topological polar surface area (TPSA) is 49.4 Å². The molecule has 4 nitrogen and oxygen atoms in total. The van der Waals surface area contributed by atoms with Gasteiger partial charge in [-0.15, -0.1) is 0 Å². The normalized spacial score (nSPS) is 15.9. The minimum absolute atomic E-state index is 0.224. The summed E-state index contributed by atoms with van der Waals surface area (Å²) in [5, 5.41) is 3.05. The van der Waals surface area contributed by atoms with Gasteiger partial charge < -0.3 is 5.32 Å². The molecule has 5 heteroatoms. The van der Waals surface area contributed by atoms with Crippen molar-refractivity contribution in [3.05, 3.63) is 29.8 Å². The molecule has 1 aromatic rings. The molecule has 0 saturated heterocycles. The lowest BCUT2D eigenvalue weighted by Gasteiger charge is -2.21. The lowest BCUT2D eigenvalue weighted by molar-refractivity contribution is 0.403. The first-order valence-electron chi connectivity index (χ1n) is 6.85. The van der Waals surface area contributed by atoms with Crippen molar-refractivity contribution < 1.29 is 8.42 Å². The molecular weight excluding hydrogens is 260 g/mol. The van der Waals surface area contributed by atoms with Crippen molar-refractivity contribution in [3.8, 4) is 0 Å². The largest absolute Gasteiger partial charge is 0.316 e. The fourth-order valence-corrected chi connectivity index (χ4v) is 3.98. The number of hydrogen-bond donors (Lipinski definition) is 1. The van der Waals surface area contributed by atoms with Gasteiger partial charge in [-0.2, -0.15) is 4.31 Å². The molecule has 1 aliphatic rings. The van der Waals surface area contributed by atoms with Gasteiger partial charge in [-0.05, 0) is 44.0 Å². The Kier molecular flexibility index (Phi) is 4.60. The summed E-state index contributed by atoms with van der Waals surface area (Å²) in [5.41, 5.74) is 1.09. The van der Waals surface area contributed by atoms with Crippen molar-refractivity contribution >= 4 is 10.0 Å². The zero-order valence-electron chi connectivity index (χ0n) is 11.6. The Bertz CT molecular complexity index is 507. The highest BCUT2D eigenvalue weighted by molar-refractivity contribution is 7.89. The van der Waals surface area contributed by atoms with Gasteiger partial charge in [-0.1, -0.05) is 19.1 Å². The van der Waals surface area contributed by atoms with E-state index in [1.807, 2.05) is 26.1 Å². The van der Waals surface area contributed by atoms with Crippen LogP contribution >= 0.6 is 0 Å². The SMILES string of the molecule is CCCN(C1CC1)S(=O)(=O)c1ccc(CNC)cc1. The van der Waals surface area contributed by atoms with Gasteiger partial charge in [0.1, 0.15) is 0 Å². The molecule has 2 rings (SSSR count). The molecule has 0 unspecified atom stereocenters. The molecule has 1 fully saturated rings. The van der Waals surface area contributed by atoms with Gasteiger partial charge in [0, 0.05) is 19.1 Å². The summed E-state index contributed by atoms with van der Waals surface area (Å²) in [6, 6.07) is 7.41. The number of nitrogens with one attached hydrogen (secondary N) is 1. The predicted molar refractivity (Wildman–Crippen MR) is 76.4 cm³/mol. The van der Waals surface area contributed by atoms with Crippen molar-refractivity contribution in [2.45, 2.75) is 43.7 Å². The maximum absolute atomic E-state index is 12.6. The Morgan fingerprint density at radius 3 is 2.37 bits per heavy atom. The summed E-state index contributed by atoms with van der Waals surface area (Å²) in [6.07, 6.45) is 2.85. The zero-order chi connectivity index (χ0) is 13.9. The van der Waals surface area contributed by atoms with Crippen LogP contribution < -0.4 is 5.32 Å². The molecule has 1 N–H and O–H groups in total. The highest BCUT2D eigenvalue weighted by Gasteiger charge is 2.37. The number of benzene rings is 1. The average molecular weight is 282 g/mol. The van der Waals surface area contributed by atoms with Gasteiger partial charge in [0.25, 0.3) is 0 Å². The molecule has 0 bridgehead atoms. The summed E-state index contributed by atoms with van der Waals surface area (Å²) in [6.45, 7) is 3.38. The Labute approximate surface area is 115 Å². The van der Waals surface area contributed by atoms with Crippen molar-refractivity contribution in [1.82, 2.24) is 9.62 Å². The van der Waals surface area contributed by atoms with E-state index in [9.17, 15) is 8.42 Å². The van der Waals surface area contributed by atoms with Crippen LogP contribution in [0.3, 0.4) is 0 Å². The molecule has 19 heavy (non-hydrogen) atoms. The standard InChI is InChI=1S/C14H22N2O2S/c1-3-10-16(13-6-7-13)19(17,18)14-8-4-12(5-9-14)11-15-2/h4-5,8-9,13,15H,3,6-7,10-11H2,1-2H3. The van der Waals surface area contributed by atoms with E-state index in [4.69, 9.17) is 0 Å². The van der Waals surface area contributed by atoms with Crippen molar-refractivity contribution in [2.24, 2.45) is 0 Å². The molecule has 0 aromatic heterocycles. The van der Waals surface area contributed by atoms with Gasteiger partial charge in [-0.25, -0.2) is 8.42 Å². The Morgan fingerprint density at radius 1 is 1.26 bits per heavy atom. The second-order valence-electron chi connectivity index (χ2n) is 5.02. The highest BCUT2D eigenvalue weighted by atomic mass is 32.2. The van der Waals surface area contributed by atoms with E-state index in [-0.39, 0.29) is 6.04 Å². The van der Waals surface area contributed by atoms with Gasteiger partial charge in [0.05, 0.1) is 4.90 Å². The fourth-order valence-electron chi connectivity index (χ4n) is 2.20. The van der Waals surface area contributed by atoms with Crippen LogP contribution in [0.1, 0.15) is 31.7 Å². The number of hydrogen-bond acceptors (Lipinski definition) is 3. The monoisotopic (exact) mass is 282 g/mol. The number of rotatable bonds is 7. The van der Waals surface area contributed by atoms with Crippen LogP contribution in [0, 0.1) is 0 Å². The van der Waals surface area contributed by atoms with Crippen LogP contribution in [0.25, 0.3) is 0 Å². The first kappa shape index (κ1) is 14.5. The minimum atomic E-state index is -3.32. The maximum Gasteiger partial charge on any atom is 0.243 e. The van der Waals surface area contributed by atoms with E-state index in [1.165, 1.54) is 0 Å². The first-order valence-corrected chi connectivity index (χ1v) is 8.29. The van der Waals surface area contributed by atoms with Gasteiger partial charge in [-0.3, -0.25) is 0 Å². The molecule has 0 heterocycles. The van der Waals surface area contributed by atoms with E-state index in [2.05, 4.69) is 5.32 Å². The highest BCUT2D eigenvalue weighted by Crippen LogP contribution is 2.32. The molecule has 1 aromatic carbocycles. The second-order valence-corrected chi connectivity index (χ2v) is 6.91. The Balaban J connectivity index is 2.22. The predicted octanol–water partition coefficient (Wildman–Crippen LogP) is 1.97. The van der Waals surface area contributed by atoms with Crippen LogP contribution in [0.2, 0.25) is 0 Å². The second kappa shape index (κ2) is 6.03. The average Bonchev–Trinajstić information content (AvgIpc) is 3.21. The van der Waals surface area contributed by atoms with Crippen molar-refractivity contribution in [1.29, 1.82) is 0 Å². The molecule has 0 spiro atoms. The molecule has 0 atom stereocenters. The molecule has 0 radical (unpaired) electrons. The van der Waals surface area contributed by atoms with Gasteiger partial charge >= 0.3 is 0 Å². The Hall–Kier alpha value is -0.910. The summed E-state index contributed by atoms with van der Waals surface area (Å²) in [4.78, 5) is 0.410. The van der Waals surface area contributed by atoms with Crippen LogP contribution in [0.5, 0.6) is 0 Å². The third-order valence-electron chi connectivity index (χ3n) is 3.31. The van der Waals surface area contributed by atoms with Gasteiger partial charge in [0.15, 0.2) is 0 Å². The molecule has 1 aliphatic carbocycles. The third-order valence-corrected chi connectivity index (χ3v) is 5.28. The molecular formula is C14H22N2O2S. The zero-order valence-corrected chi connectivity index (χ0v) is 12.4. The van der Waals surface area contributed by atoms with Crippen LogP contribution in [-0.4, -0.2) is 32.4 Å². The van der Waals surface area contributed by atoms with E-state index in [0.717, 1.165) is 31.4 Å². The van der Waals surface area contributed by atoms with E-state index >= 15 is 0 Å². The van der Waals surface area contributed by atoms with E-state index in [0.29, 0.717) is 11.4 Å². The summed E-state index contributed by atoms with van der Waals surface area (Å²) < 4.78 is 26.8. The first-order chi connectivity index (χ1) is 9.09. The smallest absolute Gasteiger partial charge is 0.243 e.